The number of rotatable bonds is 6. The van der Waals surface area contributed by atoms with E-state index in [0.29, 0.717) is 24.2 Å². The van der Waals surface area contributed by atoms with Gasteiger partial charge < -0.3 is 20.5 Å². The molecule has 2 aromatic carbocycles. The van der Waals surface area contributed by atoms with Gasteiger partial charge in [-0.3, -0.25) is 4.79 Å². The van der Waals surface area contributed by atoms with Crippen molar-refractivity contribution in [2.24, 2.45) is 0 Å². The normalized spacial score (nSPS) is 10.9. The fourth-order valence-corrected chi connectivity index (χ4v) is 2.74. The lowest BCUT2D eigenvalue weighted by molar-refractivity contribution is 0.102. The number of fused-ring (bicyclic) bond motifs is 1. The lowest BCUT2D eigenvalue weighted by Crippen LogP contribution is -2.40. The van der Waals surface area contributed by atoms with Gasteiger partial charge in [-0.25, -0.2) is 14.2 Å². The number of halogens is 1. The van der Waals surface area contributed by atoms with Crippen LogP contribution in [0.15, 0.2) is 48.8 Å². The molecule has 146 valence electrons. The molecule has 3 N–H and O–H groups in total. The number of para-hydroxylation sites is 1. The third-order valence-electron chi connectivity index (χ3n) is 4.06. The van der Waals surface area contributed by atoms with Crippen molar-refractivity contribution in [3.8, 4) is 0 Å². The van der Waals surface area contributed by atoms with Crippen molar-refractivity contribution in [2.75, 3.05) is 11.9 Å². The summed E-state index contributed by atoms with van der Waals surface area (Å²) < 4.78 is 15.6. The average Bonchev–Trinajstić information content (AvgIpc) is 3.05. The van der Waals surface area contributed by atoms with Crippen molar-refractivity contribution < 1.29 is 14.0 Å². The molecule has 3 rings (SSSR count). The second-order valence-corrected chi connectivity index (χ2v) is 6.63. The molecule has 0 saturated carbocycles. The van der Waals surface area contributed by atoms with Crippen LogP contribution in [0.5, 0.6) is 0 Å². The van der Waals surface area contributed by atoms with Gasteiger partial charge in [-0.2, -0.15) is 0 Å². The summed E-state index contributed by atoms with van der Waals surface area (Å²) in [6.07, 6.45) is 1.66. The summed E-state index contributed by atoms with van der Waals surface area (Å²) in [6, 6.07) is 11.0. The predicted octanol–water partition coefficient (Wildman–Crippen LogP) is 3.14. The van der Waals surface area contributed by atoms with E-state index in [1.807, 2.05) is 18.4 Å². The number of imidazole rings is 1. The number of amides is 3. The van der Waals surface area contributed by atoms with E-state index in [-0.39, 0.29) is 17.8 Å². The molecule has 0 saturated heterocycles. The second kappa shape index (κ2) is 8.51. The number of anilines is 1. The van der Waals surface area contributed by atoms with E-state index in [9.17, 15) is 14.0 Å². The van der Waals surface area contributed by atoms with Gasteiger partial charge in [0.25, 0.3) is 5.91 Å². The SMILES string of the molecule is CC(C)NC(=O)NCCn1cnc2cc(C(=O)Nc3ccccc3F)ccc21. The minimum atomic E-state index is -0.491. The molecule has 7 nitrogen and oxygen atoms in total. The number of urea groups is 1. The minimum absolute atomic E-state index is 0.0722. The van der Waals surface area contributed by atoms with E-state index < -0.39 is 11.7 Å². The molecule has 0 aliphatic heterocycles. The number of nitrogens with zero attached hydrogens (tertiary/aromatic N) is 2. The highest BCUT2D eigenvalue weighted by molar-refractivity contribution is 6.06. The number of carbonyl (C=O) groups is 2. The molecular formula is C20H22FN5O2. The van der Waals surface area contributed by atoms with Crippen molar-refractivity contribution in [1.82, 2.24) is 20.2 Å². The fraction of sp³-hybridized carbons (Fsp3) is 0.250. The predicted molar refractivity (Wildman–Crippen MR) is 106 cm³/mol. The van der Waals surface area contributed by atoms with Crippen molar-refractivity contribution in [2.45, 2.75) is 26.4 Å². The van der Waals surface area contributed by atoms with Gasteiger partial charge in [0.1, 0.15) is 5.82 Å². The first-order valence-corrected chi connectivity index (χ1v) is 8.99. The number of carbonyl (C=O) groups excluding carboxylic acids is 2. The molecule has 3 amide bonds. The quantitative estimate of drug-likeness (QED) is 0.611. The Morgan fingerprint density at radius 1 is 1.18 bits per heavy atom. The zero-order chi connectivity index (χ0) is 20.1. The highest BCUT2D eigenvalue weighted by Gasteiger charge is 2.11. The van der Waals surface area contributed by atoms with E-state index in [4.69, 9.17) is 0 Å². The Hall–Kier alpha value is -3.42. The van der Waals surface area contributed by atoms with Crippen LogP contribution in [-0.4, -0.2) is 34.1 Å². The monoisotopic (exact) mass is 383 g/mol. The molecule has 0 atom stereocenters. The van der Waals surface area contributed by atoms with Crippen LogP contribution < -0.4 is 16.0 Å². The molecule has 0 radical (unpaired) electrons. The van der Waals surface area contributed by atoms with Crippen LogP contribution in [0.25, 0.3) is 11.0 Å². The zero-order valence-corrected chi connectivity index (χ0v) is 15.7. The van der Waals surface area contributed by atoms with Crippen molar-refractivity contribution >= 4 is 28.7 Å². The van der Waals surface area contributed by atoms with Gasteiger partial charge in [0.2, 0.25) is 0 Å². The first-order chi connectivity index (χ1) is 13.4. The van der Waals surface area contributed by atoms with E-state index in [1.165, 1.54) is 12.1 Å². The largest absolute Gasteiger partial charge is 0.336 e. The van der Waals surface area contributed by atoms with Gasteiger partial charge in [0, 0.05) is 24.7 Å². The maximum Gasteiger partial charge on any atom is 0.315 e. The van der Waals surface area contributed by atoms with Gasteiger partial charge in [0.15, 0.2) is 0 Å². The van der Waals surface area contributed by atoms with Crippen LogP contribution in [-0.2, 0) is 6.54 Å². The molecule has 1 heterocycles. The van der Waals surface area contributed by atoms with Crippen LogP contribution in [0.4, 0.5) is 14.9 Å². The van der Waals surface area contributed by atoms with Crippen molar-refractivity contribution in [1.29, 1.82) is 0 Å². The first kappa shape index (κ1) is 19.3. The van der Waals surface area contributed by atoms with Gasteiger partial charge in [-0.1, -0.05) is 12.1 Å². The third-order valence-corrected chi connectivity index (χ3v) is 4.06. The second-order valence-electron chi connectivity index (χ2n) is 6.63. The topological polar surface area (TPSA) is 88.1 Å². The zero-order valence-electron chi connectivity index (χ0n) is 15.7. The highest BCUT2D eigenvalue weighted by atomic mass is 19.1. The molecular weight excluding hydrogens is 361 g/mol. The highest BCUT2D eigenvalue weighted by Crippen LogP contribution is 2.18. The summed E-state index contributed by atoms with van der Waals surface area (Å²) in [5.74, 6) is -0.899. The van der Waals surface area contributed by atoms with Crippen LogP contribution in [0.3, 0.4) is 0 Å². The maximum atomic E-state index is 13.7. The first-order valence-electron chi connectivity index (χ1n) is 8.99. The Balaban J connectivity index is 1.66. The molecule has 0 aliphatic rings. The van der Waals surface area contributed by atoms with Crippen molar-refractivity contribution in [3.63, 3.8) is 0 Å². The van der Waals surface area contributed by atoms with Crippen molar-refractivity contribution in [3.05, 3.63) is 60.2 Å². The third kappa shape index (κ3) is 4.64. The van der Waals surface area contributed by atoms with E-state index in [1.54, 1.807) is 36.7 Å². The Bertz CT molecular complexity index is 999. The number of aromatic nitrogens is 2. The van der Waals surface area contributed by atoms with Gasteiger partial charge in [-0.05, 0) is 44.2 Å². The van der Waals surface area contributed by atoms with Crippen LogP contribution in [0.1, 0.15) is 24.2 Å². The summed E-state index contributed by atoms with van der Waals surface area (Å²) in [6.45, 7) is 4.77. The molecule has 0 unspecified atom stereocenters. The number of hydrogen-bond acceptors (Lipinski definition) is 3. The molecule has 1 aromatic heterocycles. The number of nitrogens with one attached hydrogen (secondary N) is 3. The molecule has 3 aromatic rings. The molecule has 8 heteroatoms. The molecule has 0 fully saturated rings. The van der Waals surface area contributed by atoms with Crippen LogP contribution in [0.2, 0.25) is 0 Å². The van der Waals surface area contributed by atoms with Gasteiger partial charge >= 0.3 is 6.03 Å². The standard InChI is InChI=1S/C20H22FN5O2/c1-13(2)24-20(28)22-9-10-26-12-23-17-11-14(7-8-18(17)26)19(27)25-16-6-4-3-5-15(16)21/h3-8,11-13H,9-10H2,1-2H3,(H,25,27)(H2,22,24,28). The number of benzene rings is 2. The molecule has 0 bridgehead atoms. The Labute approximate surface area is 162 Å². The van der Waals surface area contributed by atoms with Gasteiger partial charge in [-0.15, -0.1) is 0 Å². The van der Waals surface area contributed by atoms with E-state index >= 15 is 0 Å². The minimum Gasteiger partial charge on any atom is -0.336 e. The van der Waals surface area contributed by atoms with Crippen LogP contribution in [0, 0.1) is 5.82 Å². The van der Waals surface area contributed by atoms with E-state index in [0.717, 1.165) is 5.52 Å². The molecule has 28 heavy (non-hydrogen) atoms. The summed E-state index contributed by atoms with van der Waals surface area (Å²) >= 11 is 0. The average molecular weight is 383 g/mol. The summed E-state index contributed by atoms with van der Waals surface area (Å²) in [5.41, 5.74) is 2.00. The summed E-state index contributed by atoms with van der Waals surface area (Å²) in [7, 11) is 0. The Kier molecular flexibility index (Phi) is 5.88. The van der Waals surface area contributed by atoms with Crippen LogP contribution >= 0.6 is 0 Å². The number of hydrogen-bond donors (Lipinski definition) is 3. The smallest absolute Gasteiger partial charge is 0.315 e. The Morgan fingerprint density at radius 2 is 1.96 bits per heavy atom. The fourth-order valence-electron chi connectivity index (χ4n) is 2.74. The summed E-state index contributed by atoms with van der Waals surface area (Å²) in [5, 5.41) is 8.10. The molecule has 0 spiro atoms. The lowest BCUT2D eigenvalue weighted by atomic mass is 10.1. The van der Waals surface area contributed by atoms with Gasteiger partial charge in [0.05, 0.1) is 23.0 Å². The summed E-state index contributed by atoms with van der Waals surface area (Å²) in [4.78, 5) is 28.3. The van der Waals surface area contributed by atoms with E-state index in [2.05, 4.69) is 20.9 Å². The molecule has 0 aliphatic carbocycles. The Morgan fingerprint density at radius 3 is 2.71 bits per heavy atom. The lowest BCUT2D eigenvalue weighted by Gasteiger charge is -2.10. The maximum absolute atomic E-state index is 13.7.